The summed E-state index contributed by atoms with van der Waals surface area (Å²) in [6.45, 7) is 7.37. The summed E-state index contributed by atoms with van der Waals surface area (Å²) in [7, 11) is 5.69. The molecule has 8 nitrogen and oxygen atoms in total. The van der Waals surface area contributed by atoms with Crippen LogP contribution >= 0.6 is 11.6 Å². The number of rotatable bonds is 10. The highest BCUT2D eigenvalue weighted by molar-refractivity contribution is 6.30. The fraction of sp³-hybridized carbons (Fsp3) is 0.487. The maximum Gasteiger partial charge on any atom is 0.236 e. The van der Waals surface area contributed by atoms with Crippen molar-refractivity contribution in [3.63, 3.8) is 0 Å². The lowest BCUT2D eigenvalue weighted by atomic mass is 9.83. The van der Waals surface area contributed by atoms with Crippen LogP contribution in [0, 0.1) is 5.92 Å². The summed E-state index contributed by atoms with van der Waals surface area (Å²) in [4.78, 5) is 34.6. The van der Waals surface area contributed by atoms with Crippen molar-refractivity contribution in [2.75, 3.05) is 57.2 Å². The second kappa shape index (κ2) is 14.8. The summed E-state index contributed by atoms with van der Waals surface area (Å²) in [6, 6.07) is 20.3. The topological polar surface area (TPSA) is 65.6 Å². The summed E-state index contributed by atoms with van der Waals surface area (Å²) in [5, 5.41) is 0.651. The minimum Gasteiger partial charge on any atom is -0.493 e. The molecular formula is C39H49ClN4O4. The van der Waals surface area contributed by atoms with E-state index in [-0.39, 0.29) is 30.4 Å². The zero-order chi connectivity index (χ0) is 33.9. The number of hydrogen-bond acceptors (Lipinski definition) is 6. The van der Waals surface area contributed by atoms with Crippen LogP contribution in [0.5, 0.6) is 11.5 Å². The molecule has 0 N–H and O–H groups in total. The lowest BCUT2D eigenvalue weighted by Gasteiger charge is -2.40. The molecule has 0 unspecified atom stereocenters. The Balaban J connectivity index is 1.15. The summed E-state index contributed by atoms with van der Waals surface area (Å²) in [6.07, 6.45) is 6.20. The largest absolute Gasteiger partial charge is 0.493 e. The standard InChI is InChI=1S/C39H49ClN4O4/c1-26(2)48-36-24-34-29(22-35(36)47-5)23-37(45)44(39(34)28-8-10-30(40)11-9-28)33-16-14-31(15-17-33)41(3)19-18-27-6-12-32(13-7-27)43-21-20-42(4)38(46)25-43/h8-11,14-17,22,24,26-27,32,39H,6-7,12-13,18-21,23,25H2,1-5H3/t27?,32?,39-/m0/s1. The summed E-state index contributed by atoms with van der Waals surface area (Å²) < 4.78 is 11.8. The van der Waals surface area contributed by atoms with Crippen molar-refractivity contribution in [3.8, 4) is 11.5 Å². The van der Waals surface area contributed by atoms with E-state index in [1.54, 1.807) is 7.11 Å². The van der Waals surface area contributed by atoms with E-state index in [1.807, 2.05) is 67.1 Å². The number of nitrogens with zero attached hydrogens (tertiary/aromatic N) is 4. The number of anilines is 2. The fourth-order valence-electron chi connectivity index (χ4n) is 7.59. The molecule has 0 spiro atoms. The van der Waals surface area contributed by atoms with Gasteiger partial charge in [0.1, 0.15) is 0 Å². The van der Waals surface area contributed by atoms with Gasteiger partial charge in [0.15, 0.2) is 11.5 Å². The van der Waals surface area contributed by atoms with Crippen LogP contribution in [0.15, 0.2) is 60.7 Å². The average molecular weight is 673 g/mol. The van der Waals surface area contributed by atoms with E-state index >= 15 is 0 Å². The number of hydrogen-bond donors (Lipinski definition) is 0. The molecule has 48 heavy (non-hydrogen) atoms. The monoisotopic (exact) mass is 672 g/mol. The number of likely N-dealkylation sites (N-methyl/N-ethyl adjacent to an activating group) is 1. The van der Waals surface area contributed by atoms with E-state index in [1.165, 1.54) is 25.7 Å². The lowest BCUT2D eigenvalue weighted by molar-refractivity contribution is -0.135. The first-order valence-electron chi connectivity index (χ1n) is 17.4. The van der Waals surface area contributed by atoms with Gasteiger partial charge in [-0.15, -0.1) is 0 Å². The van der Waals surface area contributed by atoms with Gasteiger partial charge in [-0.05, 0) is 117 Å². The Kier molecular flexibility index (Phi) is 10.5. The summed E-state index contributed by atoms with van der Waals surface area (Å²) in [5.41, 5.74) is 4.92. The van der Waals surface area contributed by atoms with Crippen molar-refractivity contribution < 1.29 is 19.1 Å². The quantitative estimate of drug-likeness (QED) is 0.232. The Labute approximate surface area is 290 Å². The van der Waals surface area contributed by atoms with Crippen LogP contribution in [0.2, 0.25) is 5.02 Å². The van der Waals surface area contributed by atoms with Crippen molar-refractivity contribution in [1.29, 1.82) is 0 Å². The van der Waals surface area contributed by atoms with Crippen molar-refractivity contribution in [2.24, 2.45) is 5.92 Å². The van der Waals surface area contributed by atoms with E-state index in [0.29, 0.717) is 35.0 Å². The van der Waals surface area contributed by atoms with Crippen LogP contribution in [0.3, 0.4) is 0 Å². The first-order chi connectivity index (χ1) is 23.1. The molecule has 2 aliphatic heterocycles. The highest BCUT2D eigenvalue weighted by atomic mass is 35.5. The third-order valence-electron chi connectivity index (χ3n) is 10.4. The van der Waals surface area contributed by atoms with E-state index in [9.17, 15) is 9.59 Å². The Morgan fingerprint density at radius 1 is 0.917 bits per heavy atom. The Morgan fingerprint density at radius 2 is 1.62 bits per heavy atom. The molecule has 1 atom stereocenters. The van der Waals surface area contributed by atoms with Gasteiger partial charge in [-0.3, -0.25) is 14.5 Å². The fourth-order valence-corrected chi connectivity index (χ4v) is 7.71. The van der Waals surface area contributed by atoms with Crippen LogP contribution in [0.25, 0.3) is 0 Å². The molecule has 9 heteroatoms. The van der Waals surface area contributed by atoms with Crippen LogP contribution in [-0.2, 0) is 16.0 Å². The molecule has 2 heterocycles. The van der Waals surface area contributed by atoms with Gasteiger partial charge >= 0.3 is 0 Å². The van der Waals surface area contributed by atoms with E-state index in [2.05, 4.69) is 41.1 Å². The van der Waals surface area contributed by atoms with Crippen molar-refractivity contribution in [1.82, 2.24) is 9.80 Å². The van der Waals surface area contributed by atoms with Gasteiger partial charge in [0.2, 0.25) is 11.8 Å². The number of ether oxygens (including phenoxy) is 2. The van der Waals surface area contributed by atoms with Gasteiger partial charge in [-0.25, -0.2) is 0 Å². The second-order valence-electron chi connectivity index (χ2n) is 14.0. The molecule has 2 fully saturated rings. The number of carbonyl (C=O) groups is 2. The second-order valence-corrected chi connectivity index (χ2v) is 14.4. The Bertz CT molecular complexity index is 1590. The van der Waals surface area contributed by atoms with Crippen molar-refractivity contribution in [3.05, 3.63) is 82.4 Å². The highest BCUT2D eigenvalue weighted by Crippen LogP contribution is 2.44. The van der Waals surface area contributed by atoms with Gasteiger partial charge in [0.25, 0.3) is 0 Å². The van der Waals surface area contributed by atoms with Crippen LogP contribution in [0.1, 0.15) is 68.7 Å². The SMILES string of the molecule is COc1cc2c(cc1OC(C)C)[C@H](c1ccc(Cl)cc1)N(c1ccc(N(C)CCC3CCC(N4CCN(C)C(=O)C4)CC3)cc1)C(=O)C2. The number of benzene rings is 3. The van der Waals surface area contributed by atoms with Gasteiger partial charge < -0.3 is 24.2 Å². The molecule has 6 rings (SSSR count). The molecule has 3 aromatic rings. The normalized spacial score (nSPS) is 21.8. The zero-order valence-electron chi connectivity index (χ0n) is 29.0. The number of halogens is 1. The van der Waals surface area contributed by atoms with Crippen LogP contribution < -0.4 is 19.3 Å². The van der Waals surface area contributed by atoms with E-state index < -0.39 is 0 Å². The minimum atomic E-state index is -0.346. The number of carbonyl (C=O) groups excluding carboxylic acids is 2. The first-order valence-corrected chi connectivity index (χ1v) is 17.7. The average Bonchev–Trinajstić information content (AvgIpc) is 3.08. The highest BCUT2D eigenvalue weighted by Gasteiger charge is 2.36. The van der Waals surface area contributed by atoms with Crippen LogP contribution in [0.4, 0.5) is 11.4 Å². The molecule has 3 aromatic carbocycles. The Morgan fingerprint density at radius 3 is 2.27 bits per heavy atom. The maximum absolute atomic E-state index is 13.9. The summed E-state index contributed by atoms with van der Waals surface area (Å²) >= 11 is 6.29. The molecule has 1 saturated heterocycles. The molecular weight excluding hydrogens is 624 g/mol. The van der Waals surface area contributed by atoms with Gasteiger partial charge in [-0.1, -0.05) is 23.7 Å². The molecule has 0 radical (unpaired) electrons. The number of amides is 2. The van der Waals surface area contributed by atoms with Gasteiger partial charge in [0.05, 0.1) is 32.2 Å². The maximum atomic E-state index is 13.9. The predicted octanol–water partition coefficient (Wildman–Crippen LogP) is 6.97. The third-order valence-corrected chi connectivity index (χ3v) is 10.6. The summed E-state index contributed by atoms with van der Waals surface area (Å²) in [5.74, 6) is 2.28. The number of piperazine rings is 1. The smallest absolute Gasteiger partial charge is 0.236 e. The number of fused-ring (bicyclic) bond motifs is 1. The molecule has 1 aliphatic carbocycles. The van der Waals surface area contributed by atoms with E-state index in [4.69, 9.17) is 21.1 Å². The van der Waals surface area contributed by atoms with Crippen molar-refractivity contribution in [2.45, 2.75) is 70.6 Å². The molecule has 3 aliphatic rings. The van der Waals surface area contributed by atoms with Gasteiger partial charge in [-0.2, -0.15) is 0 Å². The molecule has 2 amide bonds. The molecule has 256 valence electrons. The third kappa shape index (κ3) is 7.45. The van der Waals surface area contributed by atoms with Crippen LogP contribution in [-0.4, -0.2) is 81.1 Å². The minimum absolute atomic E-state index is 0.0270. The first kappa shape index (κ1) is 34.1. The van der Waals surface area contributed by atoms with Gasteiger partial charge in [0, 0.05) is 56.2 Å². The van der Waals surface area contributed by atoms with E-state index in [0.717, 1.165) is 54.1 Å². The Hall–Kier alpha value is -3.75. The number of methoxy groups -OCH3 is 1. The predicted molar refractivity (Wildman–Crippen MR) is 193 cm³/mol. The van der Waals surface area contributed by atoms with Crippen molar-refractivity contribution >= 4 is 34.8 Å². The zero-order valence-corrected chi connectivity index (χ0v) is 29.7. The molecule has 0 bridgehead atoms. The lowest BCUT2D eigenvalue weighted by Crippen LogP contribution is -2.52. The molecule has 0 aromatic heterocycles. The molecule has 1 saturated carbocycles.